The minimum absolute atomic E-state index is 0.00179. The largest absolute Gasteiger partial charge is 0.377 e. The van der Waals surface area contributed by atoms with Crippen LogP contribution in [0.15, 0.2) is 54.6 Å². The zero-order valence-electron chi connectivity index (χ0n) is 15.5. The zero-order valence-corrected chi connectivity index (χ0v) is 16.3. The van der Waals surface area contributed by atoms with E-state index in [2.05, 4.69) is 41.8 Å². The zero-order chi connectivity index (χ0) is 18.8. The Kier molecular flexibility index (Phi) is 5.22. The lowest BCUT2D eigenvalue weighted by Gasteiger charge is -2.38. The van der Waals surface area contributed by atoms with Crippen LogP contribution in [0.5, 0.6) is 0 Å². The molecule has 2 aromatic rings. The van der Waals surface area contributed by atoms with Crippen molar-refractivity contribution in [3.63, 3.8) is 0 Å². The van der Waals surface area contributed by atoms with Crippen LogP contribution < -0.4 is 10.6 Å². The number of nitrogens with one attached hydrogen (secondary N) is 2. The third kappa shape index (κ3) is 3.49. The normalized spacial score (nSPS) is 22.7. The van der Waals surface area contributed by atoms with Gasteiger partial charge in [-0.15, -0.1) is 0 Å². The second kappa shape index (κ2) is 7.77. The summed E-state index contributed by atoms with van der Waals surface area (Å²) in [6.07, 6.45) is 7.64. The molecule has 140 valence electrons. The van der Waals surface area contributed by atoms with Gasteiger partial charge in [-0.2, -0.15) is 0 Å². The van der Waals surface area contributed by atoms with Crippen LogP contribution in [0.4, 0.5) is 5.69 Å². The highest BCUT2D eigenvalue weighted by atomic mass is 35.5. The highest BCUT2D eigenvalue weighted by Gasteiger charge is 2.39. The summed E-state index contributed by atoms with van der Waals surface area (Å²) >= 11 is 6.25. The van der Waals surface area contributed by atoms with Crippen LogP contribution >= 0.6 is 11.6 Å². The number of halogens is 1. The molecule has 0 radical (unpaired) electrons. The van der Waals surface area contributed by atoms with Gasteiger partial charge in [0.2, 0.25) is 0 Å². The highest BCUT2D eigenvalue weighted by molar-refractivity contribution is 6.30. The van der Waals surface area contributed by atoms with Crippen LogP contribution in [-0.4, -0.2) is 12.5 Å². The first-order valence-corrected chi connectivity index (χ1v) is 10.2. The number of rotatable bonds is 5. The lowest BCUT2D eigenvalue weighted by molar-refractivity contribution is 0.0953. The molecule has 0 fully saturated rings. The maximum absolute atomic E-state index is 12.8. The standard InChI is InChI=1S/C23H25ClN2O/c1-2-3-13-25-23(27)20-12-6-11-19-17-9-5-10-18(17)21(26-22(19)20)15-7-4-8-16(24)14-15/h4-9,11-12,14,17-18,21,26H,2-3,10,13H2,1H3,(H,25,27). The Hall–Kier alpha value is -2.26. The summed E-state index contributed by atoms with van der Waals surface area (Å²) < 4.78 is 0. The van der Waals surface area contributed by atoms with E-state index < -0.39 is 0 Å². The van der Waals surface area contributed by atoms with Gasteiger partial charge < -0.3 is 10.6 Å². The molecule has 27 heavy (non-hydrogen) atoms. The first-order chi connectivity index (χ1) is 13.2. The average Bonchev–Trinajstić information content (AvgIpc) is 3.17. The highest BCUT2D eigenvalue weighted by Crippen LogP contribution is 2.50. The number of allylic oxidation sites excluding steroid dienone is 2. The Morgan fingerprint density at radius 2 is 2.11 bits per heavy atom. The monoisotopic (exact) mass is 380 g/mol. The quantitative estimate of drug-likeness (QED) is 0.516. The van der Waals surface area contributed by atoms with Crippen LogP contribution in [0.1, 0.15) is 59.6 Å². The minimum atomic E-state index is -0.00179. The van der Waals surface area contributed by atoms with Crippen molar-refractivity contribution in [2.45, 2.75) is 38.1 Å². The third-order valence-corrected chi connectivity index (χ3v) is 5.90. The number of anilines is 1. The number of carbonyl (C=O) groups is 1. The van der Waals surface area contributed by atoms with Gasteiger partial charge in [0.1, 0.15) is 0 Å². The summed E-state index contributed by atoms with van der Waals surface area (Å²) in [5.41, 5.74) is 4.09. The summed E-state index contributed by atoms with van der Waals surface area (Å²) in [7, 11) is 0. The van der Waals surface area contributed by atoms with Crippen LogP contribution in [0.2, 0.25) is 5.02 Å². The third-order valence-electron chi connectivity index (χ3n) is 5.67. The molecule has 3 unspecified atom stereocenters. The molecule has 4 heteroatoms. The van der Waals surface area contributed by atoms with E-state index in [4.69, 9.17) is 11.6 Å². The van der Waals surface area contributed by atoms with Crippen LogP contribution in [0.25, 0.3) is 0 Å². The molecular weight excluding hydrogens is 356 g/mol. The average molecular weight is 381 g/mol. The van der Waals surface area contributed by atoms with E-state index in [1.165, 1.54) is 11.1 Å². The molecule has 1 amide bonds. The summed E-state index contributed by atoms with van der Waals surface area (Å²) in [5, 5.41) is 7.49. The van der Waals surface area contributed by atoms with Crippen molar-refractivity contribution in [3.05, 3.63) is 76.3 Å². The molecule has 0 saturated heterocycles. The Bertz CT molecular complexity index is 876. The maximum Gasteiger partial charge on any atom is 0.253 e. The predicted molar refractivity (Wildman–Crippen MR) is 111 cm³/mol. The van der Waals surface area contributed by atoms with E-state index in [-0.39, 0.29) is 11.9 Å². The molecule has 2 aromatic carbocycles. The lowest BCUT2D eigenvalue weighted by atomic mass is 9.76. The fourth-order valence-electron chi connectivity index (χ4n) is 4.31. The number of benzene rings is 2. The Morgan fingerprint density at radius 3 is 2.93 bits per heavy atom. The number of fused-ring (bicyclic) bond motifs is 3. The number of unbranched alkanes of at least 4 members (excludes halogenated alkanes) is 1. The van der Waals surface area contributed by atoms with Gasteiger partial charge in [-0.25, -0.2) is 0 Å². The molecular formula is C23H25ClN2O. The first kappa shape index (κ1) is 18.1. The molecule has 1 aliphatic heterocycles. The van der Waals surface area contributed by atoms with Crippen molar-refractivity contribution < 1.29 is 4.79 Å². The van der Waals surface area contributed by atoms with Crippen molar-refractivity contribution >= 4 is 23.2 Å². The van der Waals surface area contributed by atoms with Crippen molar-refractivity contribution in [2.24, 2.45) is 5.92 Å². The molecule has 1 aliphatic carbocycles. The van der Waals surface area contributed by atoms with Crippen molar-refractivity contribution in [2.75, 3.05) is 11.9 Å². The molecule has 2 N–H and O–H groups in total. The van der Waals surface area contributed by atoms with E-state index in [1.807, 2.05) is 30.3 Å². The Labute approximate surface area is 165 Å². The molecule has 0 spiro atoms. The molecule has 0 aromatic heterocycles. The van der Waals surface area contributed by atoms with Gasteiger partial charge in [-0.05, 0) is 48.1 Å². The summed E-state index contributed by atoms with van der Waals surface area (Å²) in [6.45, 7) is 2.84. The molecule has 0 bridgehead atoms. The van der Waals surface area contributed by atoms with Crippen molar-refractivity contribution in [1.29, 1.82) is 0 Å². The van der Waals surface area contributed by atoms with Crippen LogP contribution in [0.3, 0.4) is 0 Å². The maximum atomic E-state index is 12.8. The smallest absolute Gasteiger partial charge is 0.253 e. The number of para-hydroxylation sites is 1. The summed E-state index contributed by atoms with van der Waals surface area (Å²) in [5.74, 6) is 0.765. The van der Waals surface area contributed by atoms with Gasteiger partial charge in [-0.1, -0.05) is 61.4 Å². The van der Waals surface area contributed by atoms with E-state index in [0.29, 0.717) is 18.4 Å². The molecule has 3 nitrogen and oxygen atoms in total. The number of amides is 1. The number of carbonyl (C=O) groups excluding carboxylic acids is 1. The van der Waals surface area contributed by atoms with E-state index in [1.54, 1.807) is 0 Å². The summed E-state index contributed by atoms with van der Waals surface area (Å²) in [4.78, 5) is 12.8. The Balaban J connectivity index is 1.71. The second-order valence-electron chi connectivity index (χ2n) is 7.41. The van der Waals surface area contributed by atoms with Gasteiger partial charge in [0.05, 0.1) is 17.3 Å². The molecule has 2 aliphatic rings. The van der Waals surface area contributed by atoms with Crippen LogP contribution in [-0.2, 0) is 0 Å². The van der Waals surface area contributed by atoms with Crippen molar-refractivity contribution in [1.82, 2.24) is 5.32 Å². The van der Waals surface area contributed by atoms with Gasteiger partial charge in [-0.3, -0.25) is 4.79 Å². The minimum Gasteiger partial charge on any atom is -0.377 e. The van der Waals surface area contributed by atoms with Crippen molar-refractivity contribution in [3.8, 4) is 0 Å². The van der Waals surface area contributed by atoms with Crippen LogP contribution in [0, 0.1) is 5.92 Å². The number of hydrogen-bond acceptors (Lipinski definition) is 2. The Morgan fingerprint density at radius 1 is 1.26 bits per heavy atom. The van der Waals surface area contributed by atoms with Gasteiger partial charge in [0, 0.05) is 17.5 Å². The molecule has 3 atom stereocenters. The lowest BCUT2D eigenvalue weighted by Crippen LogP contribution is -2.32. The fraction of sp³-hybridized carbons (Fsp3) is 0.348. The van der Waals surface area contributed by atoms with Gasteiger partial charge >= 0.3 is 0 Å². The fourth-order valence-corrected chi connectivity index (χ4v) is 4.51. The predicted octanol–water partition coefficient (Wildman–Crippen LogP) is 5.70. The van der Waals surface area contributed by atoms with E-state index in [9.17, 15) is 4.79 Å². The molecule has 4 rings (SSSR count). The topological polar surface area (TPSA) is 41.1 Å². The first-order valence-electron chi connectivity index (χ1n) is 9.79. The van der Waals surface area contributed by atoms with E-state index in [0.717, 1.165) is 35.5 Å². The second-order valence-corrected chi connectivity index (χ2v) is 7.85. The van der Waals surface area contributed by atoms with Gasteiger partial charge in [0.25, 0.3) is 5.91 Å². The number of hydrogen-bond donors (Lipinski definition) is 2. The van der Waals surface area contributed by atoms with Gasteiger partial charge in [0.15, 0.2) is 0 Å². The SMILES string of the molecule is CCCCNC(=O)c1cccc2c1NC(c1cccc(Cl)c1)C1CC=CC21. The molecule has 1 heterocycles. The molecule has 0 saturated carbocycles. The summed E-state index contributed by atoms with van der Waals surface area (Å²) in [6, 6.07) is 14.2. The van der Waals surface area contributed by atoms with E-state index >= 15 is 0 Å².